The quantitative estimate of drug-likeness (QED) is 0.651. The molecular weight excluding hydrogens is 407 g/mol. The lowest BCUT2D eigenvalue weighted by molar-refractivity contribution is -0.138. The number of rotatable bonds is 5. The van der Waals surface area contributed by atoms with Gasteiger partial charge in [0.25, 0.3) is 5.91 Å². The summed E-state index contributed by atoms with van der Waals surface area (Å²) < 4.78 is 40.2. The Bertz CT molecular complexity index is 1050. The highest BCUT2D eigenvalue weighted by atomic mass is 19.4. The van der Waals surface area contributed by atoms with Gasteiger partial charge in [-0.05, 0) is 30.7 Å². The van der Waals surface area contributed by atoms with Crippen molar-refractivity contribution in [3.63, 3.8) is 0 Å². The molecule has 9 heteroatoms. The van der Waals surface area contributed by atoms with E-state index in [1.807, 2.05) is 11.0 Å². The highest BCUT2D eigenvalue weighted by molar-refractivity contribution is 5.94. The van der Waals surface area contributed by atoms with E-state index in [0.717, 1.165) is 6.07 Å². The summed E-state index contributed by atoms with van der Waals surface area (Å²) in [4.78, 5) is 19.0. The SMILES string of the molecule is Cc1nc([C@@H]2CN(Cc3ccccc3C(F)(F)F)C[C@H]2NC(=O)c2ccccc2)n[nH]1. The van der Waals surface area contributed by atoms with Crippen molar-refractivity contribution >= 4 is 5.91 Å². The molecule has 0 unspecified atom stereocenters. The summed E-state index contributed by atoms with van der Waals surface area (Å²) in [5.74, 6) is 0.711. The maximum atomic E-state index is 13.4. The highest BCUT2D eigenvalue weighted by Crippen LogP contribution is 2.34. The van der Waals surface area contributed by atoms with E-state index >= 15 is 0 Å². The number of likely N-dealkylation sites (tertiary alicyclic amines) is 1. The number of carbonyl (C=O) groups is 1. The third-order valence-corrected chi connectivity index (χ3v) is 5.41. The van der Waals surface area contributed by atoms with Crippen LogP contribution in [0.15, 0.2) is 54.6 Å². The van der Waals surface area contributed by atoms with Crippen LogP contribution >= 0.6 is 0 Å². The lowest BCUT2D eigenvalue weighted by Crippen LogP contribution is -2.40. The van der Waals surface area contributed by atoms with Crippen LogP contribution in [0.4, 0.5) is 13.2 Å². The van der Waals surface area contributed by atoms with Gasteiger partial charge in [-0.25, -0.2) is 4.98 Å². The average molecular weight is 429 g/mol. The summed E-state index contributed by atoms with van der Waals surface area (Å²) in [6, 6.07) is 14.1. The van der Waals surface area contributed by atoms with Crippen molar-refractivity contribution in [3.8, 4) is 0 Å². The van der Waals surface area contributed by atoms with Gasteiger partial charge in [-0.3, -0.25) is 14.8 Å². The number of nitrogens with one attached hydrogen (secondary N) is 2. The van der Waals surface area contributed by atoms with E-state index in [-0.39, 0.29) is 30.0 Å². The summed E-state index contributed by atoms with van der Waals surface area (Å²) in [5.41, 5.74) is 0.0836. The molecule has 0 aliphatic carbocycles. The molecule has 1 amide bonds. The van der Waals surface area contributed by atoms with Gasteiger partial charge >= 0.3 is 6.18 Å². The summed E-state index contributed by atoms with van der Waals surface area (Å²) in [6.45, 7) is 2.72. The van der Waals surface area contributed by atoms with Crippen LogP contribution in [0.3, 0.4) is 0 Å². The number of benzene rings is 2. The van der Waals surface area contributed by atoms with E-state index in [1.165, 1.54) is 12.1 Å². The fourth-order valence-electron chi connectivity index (χ4n) is 3.96. The minimum Gasteiger partial charge on any atom is -0.347 e. The Morgan fingerprint density at radius 1 is 1.13 bits per heavy atom. The van der Waals surface area contributed by atoms with Crippen LogP contribution < -0.4 is 5.32 Å². The van der Waals surface area contributed by atoms with Gasteiger partial charge in [0.05, 0.1) is 17.5 Å². The second-order valence-corrected chi connectivity index (χ2v) is 7.68. The fourth-order valence-corrected chi connectivity index (χ4v) is 3.96. The zero-order valence-electron chi connectivity index (χ0n) is 16.9. The first-order valence-electron chi connectivity index (χ1n) is 9.93. The van der Waals surface area contributed by atoms with E-state index < -0.39 is 11.7 Å². The number of carbonyl (C=O) groups excluding carboxylic acids is 1. The predicted octanol–water partition coefficient (Wildman–Crippen LogP) is 3.53. The van der Waals surface area contributed by atoms with E-state index in [1.54, 1.807) is 37.3 Å². The number of nitrogens with zero attached hydrogens (tertiary/aromatic N) is 3. The van der Waals surface area contributed by atoms with Crippen LogP contribution in [-0.4, -0.2) is 45.1 Å². The van der Waals surface area contributed by atoms with Crippen molar-refractivity contribution in [2.75, 3.05) is 13.1 Å². The van der Waals surface area contributed by atoms with Crippen LogP contribution in [0.1, 0.15) is 39.1 Å². The third-order valence-electron chi connectivity index (χ3n) is 5.41. The summed E-state index contributed by atoms with van der Waals surface area (Å²) in [7, 11) is 0. The second-order valence-electron chi connectivity index (χ2n) is 7.68. The van der Waals surface area contributed by atoms with Crippen molar-refractivity contribution in [2.24, 2.45) is 0 Å². The maximum Gasteiger partial charge on any atom is 0.416 e. The Morgan fingerprint density at radius 2 is 1.84 bits per heavy atom. The Kier molecular flexibility index (Phi) is 5.77. The Balaban J connectivity index is 1.56. The molecule has 1 aliphatic rings. The molecule has 1 fully saturated rings. The van der Waals surface area contributed by atoms with E-state index in [4.69, 9.17) is 0 Å². The molecule has 2 heterocycles. The smallest absolute Gasteiger partial charge is 0.347 e. The molecule has 0 radical (unpaired) electrons. The molecule has 31 heavy (non-hydrogen) atoms. The first kappa shape index (κ1) is 21.0. The summed E-state index contributed by atoms with van der Waals surface area (Å²) in [5, 5.41) is 10.1. The minimum atomic E-state index is -4.42. The number of H-pyrrole nitrogens is 1. The van der Waals surface area contributed by atoms with Gasteiger partial charge in [-0.15, -0.1) is 0 Å². The first-order chi connectivity index (χ1) is 14.8. The molecule has 2 atom stereocenters. The van der Waals surface area contributed by atoms with Gasteiger partial charge in [-0.1, -0.05) is 36.4 Å². The second kappa shape index (κ2) is 8.50. The number of hydrogen-bond donors (Lipinski definition) is 2. The fraction of sp³-hybridized carbons (Fsp3) is 0.318. The zero-order valence-corrected chi connectivity index (χ0v) is 16.9. The lowest BCUT2D eigenvalue weighted by Gasteiger charge is -2.19. The standard InChI is InChI=1S/C22H22F3N5O/c1-14-26-20(29-28-14)17-12-30(11-16-9-5-6-10-18(16)22(23,24)25)13-19(17)27-21(31)15-7-3-2-4-8-15/h2-10,17,19H,11-13H2,1H3,(H,27,31)(H,26,28,29)/t17-,19-/m1/s1. The highest BCUT2D eigenvalue weighted by Gasteiger charge is 2.39. The largest absolute Gasteiger partial charge is 0.416 e. The van der Waals surface area contributed by atoms with Crippen molar-refractivity contribution in [2.45, 2.75) is 31.6 Å². The van der Waals surface area contributed by atoms with E-state index in [9.17, 15) is 18.0 Å². The van der Waals surface area contributed by atoms with Gasteiger partial charge in [0.1, 0.15) is 5.82 Å². The van der Waals surface area contributed by atoms with Gasteiger partial charge in [0.15, 0.2) is 5.82 Å². The number of aromatic nitrogens is 3. The molecule has 1 saturated heterocycles. The Morgan fingerprint density at radius 3 is 2.52 bits per heavy atom. The number of aromatic amines is 1. The molecule has 3 aromatic rings. The van der Waals surface area contributed by atoms with Crippen LogP contribution in [0, 0.1) is 6.92 Å². The zero-order chi connectivity index (χ0) is 22.0. The van der Waals surface area contributed by atoms with Crippen LogP contribution in [-0.2, 0) is 12.7 Å². The first-order valence-corrected chi connectivity index (χ1v) is 9.93. The van der Waals surface area contributed by atoms with Crippen molar-refractivity contribution < 1.29 is 18.0 Å². The van der Waals surface area contributed by atoms with Crippen molar-refractivity contribution in [1.29, 1.82) is 0 Å². The topological polar surface area (TPSA) is 73.9 Å². The molecule has 1 aliphatic heterocycles. The van der Waals surface area contributed by atoms with E-state index in [0.29, 0.717) is 30.3 Å². The molecule has 2 aromatic carbocycles. The number of hydrogen-bond acceptors (Lipinski definition) is 4. The maximum absolute atomic E-state index is 13.4. The number of amides is 1. The molecule has 6 nitrogen and oxygen atoms in total. The van der Waals surface area contributed by atoms with E-state index in [2.05, 4.69) is 20.5 Å². The monoisotopic (exact) mass is 429 g/mol. The van der Waals surface area contributed by atoms with Crippen LogP contribution in [0.5, 0.6) is 0 Å². The molecule has 0 spiro atoms. The van der Waals surface area contributed by atoms with Crippen LogP contribution in [0.2, 0.25) is 0 Å². The summed E-state index contributed by atoms with van der Waals surface area (Å²) >= 11 is 0. The molecule has 0 bridgehead atoms. The predicted molar refractivity (Wildman–Crippen MR) is 108 cm³/mol. The number of halogens is 3. The molecular formula is C22H22F3N5O. The van der Waals surface area contributed by atoms with Gasteiger partial charge in [-0.2, -0.15) is 18.3 Å². The minimum absolute atomic E-state index is 0.118. The Hall–Kier alpha value is -3.20. The van der Waals surface area contributed by atoms with Gasteiger partial charge in [0.2, 0.25) is 0 Å². The summed E-state index contributed by atoms with van der Waals surface area (Å²) in [6.07, 6.45) is -4.42. The number of aryl methyl sites for hydroxylation is 1. The van der Waals surface area contributed by atoms with Gasteiger partial charge in [0, 0.05) is 25.2 Å². The van der Waals surface area contributed by atoms with Crippen LogP contribution in [0.25, 0.3) is 0 Å². The molecule has 2 N–H and O–H groups in total. The Labute approximate surface area is 177 Å². The normalized spacial score (nSPS) is 19.5. The third kappa shape index (κ3) is 4.77. The lowest BCUT2D eigenvalue weighted by atomic mass is 10.0. The van der Waals surface area contributed by atoms with Gasteiger partial charge < -0.3 is 5.32 Å². The van der Waals surface area contributed by atoms with Crippen molar-refractivity contribution in [1.82, 2.24) is 25.4 Å². The van der Waals surface area contributed by atoms with Crippen molar-refractivity contribution in [3.05, 3.63) is 82.9 Å². The molecule has 0 saturated carbocycles. The number of alkyl halides is 3. The molecule has 162 valence electrons. The average Bonchev–Trinajstić information content (AvgIpc) is 3.34. The molecule has 1 aromatic heterocycles. The molecule has 4 rings (SSSR count).